The summed E-state index contributed by atoms with van der Waals surface area (Å²) < 4.78 is 59.2. The average molecular weight is 600 g/mol. The van der Waals surface area contributed by atoms with Crippen molar-refractivity contribution in [3.63, 3.8) is 0 Å². The SMILES string of the molecule is Cc1cc(C)cc(N(Cc2ccc(C(=O)NCCOc3ccc(S(=O)(=O)N4CCCCC4)cc3)cc2)S(C)(=O)=O)c1. The predicted octanol–water partition coefficient (Wildman–Crippen LogP) is 4.25. The predicted molar refractivity (Wildman–Crippen MR) is 160 cm³/mol. The van der Waals surface area contributed by atoms with Crippen LogP contribution in [0.15, 0.2) is 71.6 Å². The molecule has 1 aliphatic heterocycles. The molecule has 1 fully saturated rings. The van der Waals surface area contributed by atoms with Crippen molar-refractivity contribution in [1.82, 2.24) is 9.62 Å². The summed E-state index contributed by atoms with van der Waals surface area (Å²) >= 11 is 0. The van der Waals surface area contributed by atoms with Crippen molar-refractivity contribution in [3.05, 3.63) is 89.0 Å². The number of nitrogens with one attached hydrogen (secondary N) is 1. The van der Waals surface area contributed by atoms with E-state index in [-0.39, 0.29) is 30.5 Å². The molecule has 1 aliphatic rings. The standard InChI is InChI=1S/C30H37N3O6S2/c1-23-19-24(2)21-27(20-23)33(40(3,35)36)22-25-7-9-26(10-8-25)30(34)31-15-18-39-28-11-13-29(14-12-28)41(37,38)32-16-5-4-6-17-32/h7-14,19-21H,4-6,15-18,22H2,1-3H3,(H,31,34). The summed E-state index contributed by atoms with van der Waals surface area (Å²) in [7, 11) is -7.01. The number of hydrogen-bond acceptors (Lipinski definition) is 6. The second-order valence-corrected chi connectivity index (χ2v) is 14.2. The van der Waals surface area contributed by atoms with Crippen LogP contribution in [0.2, 0.25) is 0 Å². The molecule has 1 N–H and O–H groups in total. The quantitative estimate of drug-likeness (QED) is 0.330. The number of piperidine rings is 1. The second-order valence-electron chi connectivity index (χ2n) is 10.4. The maximum absolute atomic E-state index is 12.8. The van der Waals surface area contributed by atoms with Gasteiger partial charge in [0.15, 0.2) is 0 Å². The number of anilines is 1. The lowest BCUT2D eigenvalue weighted by molar-refractivity contribution is 0.0947. The lowest BCUT2D eigenvalue weighted by Gasteiger charge is -2.25. The smallest absolute Gasteiger partial charge is 0.251 e. The number of carbonyl (C=O) groups excluding carboxylic acids is 1. The van der Waals surface area contributed by atoms with Crippen LogP contribution in [0.4, 0.5) is 5.69 Å². The highest BCUT2D eigenvalue weighted by Crippen LogP contribution is 2.24. The Kier molecular flexibility index (Phi) is 9.72. The van der Waals surface area contributed by atoms with E-state index in [1.165, 1.54) is 14.9 Å². The van der Waals surface area contributed by atoms with E-state index in [1.54, 1.807) is 48.5 Å². The maximum atomic E-state index is 12.8. The van der Waals surface area contributed by atoms with Crippen LogP contribution in [0.25, 0.3) is 0 Å². The zero-order chi connectivity index (χ0) is 29.6. The highest BCUT2D eigenvalue weighted by atomic mass is 32.2. The Hall–Kier alpha value is -3.41. The number of nitrogens with zero attached hydrogens (tertiary/aromatic N) is 2. The fourth-order valence-corrected chi connectivity index (χ4v) is 7.21. The van der Waals surface area contributed by atoms with Crippen LogP contribution in [-0.4, -0.2) is 59.5 Å². The summed E-state index contributed by atoms with van der Waals surface area (Å²) in [6.45, 7) is 5.56. The molecular weight excluding hydrogens is 562 g/mol. The van der Waals surface area contributed by atoms with E-state index in [1.807, 2.05) is 32.0 Å². The molecule has 220 valence electrons. The zero-order valence-electron chi connectivity index (χ0n) is 23.7. The molecule has 1 heterocycles. The number of rotatable bonds is 11. The van der Waals surface area contributed by atoms with Crippen LogP contribution in [0.1, 0.15) is 46.3 Å². The minimum absolute atomic E-state index is 0.148. The van der Waals surface area contributed by atoms with Crippen molar-refractivity contribution in [2.45, 2.75) is 44.6 Å². The third-order valence-electron chi connectivity index (χ3n) is 6.87. The third-order valence-corrected chi connectivity index (χ3v) is 9.92. The Morgan fingerprint density at radius 3 is 2.07 bits per heavy atom. The first kappa shape index (κ1) is 30.5. The van der Waals surface area contributed by atoms with Crippen molar-refractivity contribution in [2.75, 3.05) is 36.8 Å². The molecule has 0 spiro atoms. The molecule has 0 saturated carbocycles. The molecule has 0 aliphatic carbocycles. The van der Waals surface area contributed by atoms with Gasteiger partial charge in [0.1, 0.15) is 12.4 Å². The number of aryl methyl sites for hydroxylation is 2. The second kappa shape index (κ2) is 13.1. The molecular formula is C30H37N3O6S2. The molecule has 0 atom stereocenters. The number of carbonyl (C=O) groups is 1. The Morgan fingerprint density at radius 2 is 1.49 bits per heavy atom. The minimum Gasteiger partial charge on any atom is -0.492 e. The zero-order valence-corrected chi connectivity index (χ0v) is 25.3. The topological polar surface area (TPSA) is 113 Å². The van der Waals surface area contributed by atoms with Gasteiger partial charge in [-0.3, -0.25) is 9.10 Å². The molecule has 41 heavy (non-hydrogen) atoms. The van der Waals surface area contributed by atoms with Crippen molar-refractivity contribution in [2.24, 2.45) is 0 Å². The summed E-state index contributed by atoms with van der Waals surface area (Å²) in [4.78, 5) is 12.9. The molecule has 11 heteroatoms. The monoisotopic (exact) mass is 599 g/mol. The van der Waals surface area contributed by atoms with Crippen molar-refractivity contribution in [3.8, 4) is 5.75 Å². The molecule has 4 rings (SSSR count). The number of hydrogen-bond donors (Lipinski definition) is 1. The van der Waals surface area contributed by atoms with E-state index in [2.05, 4.69) is 5.32 Å². The lowest BCUT2D eigenvalue weighted by Crippen LogP contribution is -2.35. The van der Waals surface area contributed by atoms with Crippen LogP contribution in [-0.2, 0) is 26.6 Å². The van der Waals surface area contributed by atoms with Gasteiger partial charge in [-0.1, -0.05) is 24.6 Å². The lowest BCUT2D eigenvalue weighted by atomic mass is 10.1. The number of benzene rings is 3. The van der Waals surface area contributed by atoms with Crippen LogP contribution >= 0.6 is 0 Å². The summed E-state index contributed by atoms with van der Waals surface area (Å²) in [5, 5.41) is 2.80. The Morgan fingerprint density at radius 1 is 0.878 bits per heavy atom. The molecule has 3 aromatic carbocycles. The van der Waals surface area contributed by atoms with Crippen LogP contribution in [0.3, 0.4) is 0 Å². The first-order valence-corrected chi connectivity index (χ1v) is 16.9. The highest BCUT2D eigenvalue weighted by molar-refractivity contribution is 7.92. The van der Waals surface area contributed by atoms with Gasteiger partial charge >= 0.3 is 0 Å². The van der Waals surface area contributed by atoms with Gasteiger partial charge in [-0.25, -0.2) is 16.8 Å². The summed E-state index contributed by atoms with van der Waals surface area (Å²) in [5.74, 6) is 0.234. The average Bonchev–Trinajstić information content (AvgIpc) is 2.94. The van der Waals surface area contributed by atoms with Crippen LogP contribution in [0.5, 0.6) is 5.75 Å². The number of ether oxygens (including phenoxy) is 1. The van der Waals surface area contributed by atoms with E-state index in [9.17, 15) is 21.6 Å². The molecule has 0 unspecified atom stereocenters. The van der Waals surface area contributed by atoms with E-state index in [0.29, 0.717) is 30.1 Å². The van der Waals surface area contributed by atoms with Gasteiger partial charge in [-0.15, -0.1) is 0 Å². The fraction of sp³-hybridized carbons (Fsp3) is 0.367. The normalized spacial score (nSPS) is 14.4. The molecule has 3 aromatic rings. The van der Waals surface area contributed by atoms with Gasteiger partial charge in [0.05, 0.1) is 29.9 Å². The van der Waals surface area contributed by atoms with Gasteiger partial charge in [-0.05, 0) is 91.9 Å². The van der Waals surface area contributed by atoms with Gasteiger partial charge in [0.25, 0.3) is 5.91 Å². The Balaban J connectivity index is 1.28. The van der Waals surface area contributed by atoms with Crippen molar-refractivity contribution in [1.29, 1.82) is 0 Å². The van der Waals surface area contributed by atoms with E-state index < -0.39 is 20.0 Å². The first-order chi connectivity index (χ1) is 19.4. The summed E-state index contributed by atoms with van der Waals surface area (Å²) in [5.41, 5.74) is 3.74. The van der Waals surface area contributed by atoms with E-state index >= 15 is 0 Å². The van der Waals surface area contributed by atoms with Crippen molar-refractivity contribution >= 4 is 31.6 Å². The molecule has 1 saturated heterocycles. The molecule has 0 bridgehead atoms. The summed E-state index contributed by atoms with van der Waals surface area (Å²) in [6, 6.07) is 18.8. The number of sulfonamides is 2. The molecule has 1 amide bonds. The van der Waals surface area contributed by atoms with Gasteiger partial charge < -0.3 is 10.1 Å². The van der Waals surface area contributed by atoms with Crippen molar-refractivity contribution < 1.29 is 26.4 Å². The maximum Gasteiger partial charge on any atom is 0.251 e. The Labute approximate surface area is 243 Å². The Bertz CT molecular complexity index is 1550. The van der Waals surface area contributed by atoms with E-state index in [0.717, 1.165) is 36.0 Å². The van der Waals surface area contributed by atoms with Gasteiger partial charge in [-0.2, -0.15) is 4.31 Å². The first-order valence-electron chi connectivity index (χ1n) is 13.6. The highest BCUT2D eigenvalue weighted by Gasteiger charge is 2.25. The van der Waals surface area contributed by atoms with Gasteiger partial charge in [0, 0.05) is 18.7 Å². The van der Waals surface area contributed by atoms with Crippen LogP contribution < -0.4 is 14.4 Å². The fourth-order valence-electron chi connectivity index (χ4n) is 4.82. The molecule has 9 nitrogen and oxygen atoms in total. The summed E-state index contributed by atoms with van der Waals surface area (Å²) in [6.07, 6.45) is 4.00. The minimum atomic E-state index is -3.52. The van der Waals surface area contributed by atoms with E-state index in [4.69, 9.17) is 4.74 Å². The molecule has 0 aromatic heterocycles. The third kappa shape index (κ3) is 8.08. The molecule has 0 radical (unpaired) electrons. The van der Waals surface area contributed by atoms with Gasteiger partial charge in [0.2, 0.25) is 20.0 Å². The number of amides is 1. The largest absolute Gasteiger partial charge is 0.492 e. The van der Waals surface area contributed by atoms with Crippen LogP contribution in [0, 0.1) is 13.8 Å².